The van der Waals surface area contributed by atoms with Crippen LogP contribution in [0, 0.1) is 11.3 Å². The lowest BCUT2D eigenvalue weighted by molar-refractivity contribution is 0.213. The summed E-state index contributed by atoms with van der Waals surface area (Å²) in [5.41, 5.74) is 6.92. The molecular weight excluding hydrogens is 178 g/mol. The molecule has 0 aliphatic carbocycles. The van der Waals surface area contributed by atoms with Gasteiger partial charge in [0.1, 0.15) is 12.2 Å². The molecule has 0 amide bonds. The number of para-hydroxylation sites is 1. The average molecular weight is 189 g/mol. The van der Waals surface area contributed by atoms with E-state index in [1.807, 2.05) is 12.1 Å². The summed E-state index contributed by atoms with van der Waals surface area (Å²) in [4.78, 5) is 0. The second-order valence-corrected chi connectivity index (χ2v) is 3.15. The Kier molecular flexibility index (Phi) is 2.25. The number of nitrogens with zero attached hydrogens (tertiary/aromatic N) is 1. The highest BCUT2D eigenvalue weighted by Crippen LogP contribution is 2.31. The number of hydrogen-bond acceptors (Lipinski definition) is 4. The van der Waals surface area contributed by atoms with Crippen molar-refractivity contribution in [2.75, 3.05) is 18.4 Å². The van der Waals surface area contributed by atoms with Gasteiger partial charge in [0.25, 0.3) is 0 Å². The minimum Gasteiger partial charge on any atom is -0.484 e. The van der Waals surface area contributed by atoms with Crippen LogP contribution in [0.2, 0.25) is 0 Å². The molecule has 1 heterocycles. The first-order chi connectivity index (χ1) is 6.85. The third kappa shape index (κ3) is 1.38. The molecule has 1 aromatic carbocycles. The van der Waals surface area contributed by atoms with E-state index >= 15 is 0 Å². The predicted octanol–water partition coefficient (Wildman–Crippen LogP) is 0.690. The van der Waals surface area contributed by atoms with Gasteiger partial charge in [-0.15, -0.1) is 0 Å². The lowest BCUT2D eigenvalue weighted by atomic mass is 10.1. The van der Waals surface area contributed by atoms with E-state index in [0.29, 0.717) is 24.4 Å². The molecule has 0 spiro atoms. The molecular formula is C10H11N3O. The highest BCUT2D eigenvalue weighted by atomic mass is 16.5. The average Bonchev–Trinajstić information content (AvgIpc) is 2.27. The number of fused-ring (bicyclic) bond motifs is 1. The van der Waals surface area contributed by atoms with Crippen molar-refractivity contribution < 1.29 is 4.74 Å². The van der Waals surface area contributed by atoms with Crippen LogP contribution in [0.3, 0.4) is 0 Å². The van der Waals surface area contributed by atoms with Crippen LogP contribution >= 0.6 is 0 Å². The fraction of sp³-hybridized carbons (Fsp3) is 0.300. The van der Waals surface area contributed by atoms with E-state index in [0.717, 1.165) is 5.69 Å². The van der Waals surface area contributed by atoms with E-state index in [4.69, 9.17) is 15.7 Å². The predicted molar refractivity (Wildman–Crippen MR) is 53.1 cm³/mol. The molecule has 0 bridgehead atoms. The van der Waals surface area contributed by atoms with E-state index in [-0.39, 0.29) is 6.10 Å². The summed E-state index contributed by atoms with van der Waals surface area (Å²) in [5, 5.41) is 12.0. The summed E-state index contributed by atoms with van der Waals surface area (Å²) in [6.45, 7) is 1.14. The minimum absolute atomic E-state index is 0.0444. The lowest BCUT2D eigenvalue weighted by Gasteiger charge is -2.26. The van der Waals surface area contributed by atoms with Gasteiger partial charge in [-0.25, -0.2) is 0 Å². The molecule has 0 aromatic heterocycles. The highest BCUT2D eigenvalue weighted by Gasteiger charge is 2.20. The monoisotopic (exact) mass is 189 g/mol. The van der Waals surface area contributed by atoms with E-state index in [1.165, 1.54) is 0 Å². The van der Waals surface area contributed by atoms with Crippen molar-refractivity contribution in [1.29, 1.82) is 5.26 Å². The van der Waals surface area contributed by atoms with Crippen LogP contribution in [-0.4, -0.2) is 19.2 Å². The Balaban J connectivity index is 2.39. The van der Waals surface area contributed by atoms with Gasteiger partial charge in [0.15, 0.2) is 5.75 Å². The van der Waals surface area contributed by atoms with Gasteiger partial charge in [-0.05, 0) is 12.1 Å². The molecule has 14 heavy (non-hydrogen) atoms. The SMILES string of the molecule is N#Cc1cccc2c1OC(CN)CN2. The zero-order chi connectivity index (χ0) is 9.97. The molecule has 3 N–H and O–H groups in total. The number of ether oxygens (including phenoxy) is 1. The fourth-order valence-corrected chi connectivity index (χ4v) is 1.45. The Morgan fingerprint density at radius 2 is 2.50 bits per heavy atom. The summed E-state index contributed by atoms with van der Waals surface area (Å²) in [5.74, 6) is 0.622. The number of nitriles is 1. The molecule has 4 nitrogen and oxygen atoms in total. The Labute approximate surface area is 82.3 Å². The van der Waals surface area contributed by atoms with Gasteiger partial charge >= 0.3 is 0 Å². The third-order valence-corrected chi connectivity index (χ3v) is 2.20. The molecule has 0 fully saturated rings. The van der Waals surface area contributed by atoms with Crippen molar-refractivity contribution in [3.05, 3.63) is 23.8 Å². The summed E-state index contributed by atoms with van der Waals surface area (Å²) in [6, 6.07) is 7.55. The van der Waals surface area contributed by atoms with Crippen LogP contribution in [0.25, 0.3) is 0 Å². The fourth-order valence-electron chi connectivity index (χ4n) is 1.45. The Morgan fingerprint density at radius 1 is 1.64 bits per heavy atom. The summed E-state index contributed by atoms with van der Waals surface area (Å²) in [6.07, 6.45) is -0.0444. The first-order valence-electron chi connectivity index (χ1n) is 4.49. The molecule has 72 valence electrons. The van der Waals surface area contributed by atoms with E-state index in [1.54, 1.807) is 6.07 Å². The largest absolute Gasteiger partial charge is 0.484 e. The summed E-state index contributed by atoms with van der Waals surface area (Å²) < 4.78 is 5.59. The molecule has 1 aliphatic rings. The Hall–Kier alpha value is -1.73. The van der Waals surface area contributed by atoms with Crippen molar-refractivity contribution >= 4 is 5.69 Å². The van der Waals surface area contributed by atoms with Crippen molar-refractivity contribution in [3.8, 4) is 11.8 Å². The van der Waals surface area contributed by atoms with Gasteiger partial charge in [-0.2, -0.15) is 5.26 Å². The number of hydrogen-bond donors (Lipinski definition) is 2. The highest BCUT2D eigenvalue weighted by molar-refractivity contribution is 5.64. The standard InChI is InChI=1S/C10H11N3O/c11-4-7-2-1-3-9-10(7)14-8(5-12)6-13-9/h1-3,8,13H,5-6,12H2. The maximum atomic E-state index is 8.86. The van der Waals surface area contributed by atoms with Gasteiger partial charge in [-0.3, -0.25) is 0 Å². The van der Waals surface area contributed by atoms with Crippen molar-refractivity contribution in [3.63, 3.8) is 0 Å². The molecule has 2 rings (SSSR count). The molecule has 1 aromatic rings. The number of nitrogens with one attached hydrogen (secondary N) is 1. The Morgan fingerprint density at radius 3 is 3.21 bits per heavy atom. The smallest absolute Gasteiger partial charge is 0.160 e. The van der Waals surface area contributed by atoms with Gasteiger partial charge < -0.3 is 15.8 Å². The molecule has 1 aliphatic heterocycles. The molecule has 0 radical (unpaired) electrons. The van der Waals surface area contributed by atoms with Gasteiger partial charge in [0, 0.05) is 6.54 Å². The van der Waals surface area contributed by atoms with Crippen LogP contribution in [-0.2, 0) is 0 Å². The van der Waals surface area contributed by atoms with Crippen molar-refractivity contribution in [2.45, 2.75) is 6.10 Å². The van der Waals surface area contributed by atoms with Crippen LogP contribution < -0.4 is 15.8 Å². The quantitative estimate of drug-likeness (QED) is 0.681. The first kappa shape index (κ1) is 8.85. The van der Waals surface area contributed by atoms with E-state index in [2.05, 4.69) is 11.4 Å². The topological polar surface area (TPSA) is 71.1 Å². The van der Waals surface area contributed by atoms with Gasteiger partial charge in [0.2, 0.25) is 0 Å². The molecule has 4 heteroatoms. The maximum Gasteiger partial charge on any atom is 0.160 e. The second-order valence-electron chi connectivity index (χ2n) is 3.15. The Bertz CT molecular complexity index is 383. The lowest BCUT2D eigenvalue weighted by Crippen LogP contribution is -2.37. The summed E-state index contributed by atoms with van der Waals surface area (Å²) in [7, 11) is 0. The molecule has 1 atom stereocenters. The minimum atomic E-state index is -0.0444. The number of anilines is 1. The van der Waals surface area contributed by atoms with Crippen LogP contribution in [0.4, 0.5) is 5.69 Å². The molecule has 0 saturated carbocycles. The van der Waals surface area contributed by atoms with Crippen LogP contribution in [0.1, 0.15) is 5.56 Å². The third-order valence-electron chi connectivity index (χ3n) is 2.20. The van der Waals surface area contributed by atoms with Crippen LogP contribution in [0.15, 0.2) is 18.2 Å². The van der Waals surface area contributed by atoms with E-state index < -0.39 is 0 Å². The van der Waals surface area contributed by atoms with E-state index in [9.17, 15) is 0 Å². The van der Waals surface area contributed by atoms with Gasteiger partial charge in [0.05, 0.1) is 17.8 Å². The molecule has 0 saturated heterocycles. The zero-order valence-corrected chi connectivity index (χ0v) is 7.66. The number of nitrogens with two attached hydrogens (primary N) is 1. The van der Waals surface area contributed by atoms with Crippen LogP contribution in [0.5, 0.6) is 5.75 Å². The first-order valence-corrected chi connectivity index (χ1v) is 4.49. The maximum absolute atomic E-state index is 8.86. The molecule has 1 unspecified atom stereocenters. The number of benzene rings is 1. The number of rotatable bonds is 1. The summed E-state index contributed by atoms with van der Waals surface area (Å²) >= 11 is 0. The second kappa shape index (κ2) is 3.56. The zero-order valence-electron chi connectivity index (χ0n) is 7.66. The van der Waals surface area contributed by atoms with Gasteiger partial charge in [-0.1, -0.05) is 6.07 Å². The van der Waals surface area contributed by atoms with Crippen molar-refractivity contribution in [1.82, 2.24) is 0 Å². The normalized spacial score (nSPS) is 18.7. The van der Waals surface area contributed by atoms with Crippen molar-refractivity contribution in [2.24, 2.45) is 5.73 Å².